The summed E-state index contributed by atoms with van der Waals surface area (Å²) in [6.07, 6.45) is -2.21. The molecule has 0 bridgehead atoms. The third kappa shape index (κ3) is 8.34. The molecule has 0 aliphatic rings. The molecule has 0 radical (unpaired) electrons. The van der Waals surface area contributed by atoms with Crippen LogP contribution in [0, 0.1) is 6.92 Å². The molecule has 1 heterocycles. The number of hydrogen-bond donors (Lipinski definition) is 2. The number of aryl methyl sites for hydroxylation is 1. The van der Waals surface area contributed by atoms with Crippen LogP contribution in [0.2, 0.25) is 0 Å². The molecule has 0 saturated heterocycles. The Bertz CT molecular complexity index is 1370. The zero-order valence-corrected chi connectivity index (χ0v) is 23.8. The molecule has 3 aromatic rings. The molecule has 3 N–H and O–H groups in total. The van der Waals surface area contributed by atoms with Crippen molar-refractivity contribution in [2.75, 3.05) is 12.4 Å². The molecule has 2 aromatic carbocycles. The third-order valence-corrected chi connectivity index (χ3v) is 5.09. The molecule has 0 fully saturated rings. The molecule has 7 nitrogen and oxygen atoms in total. The predicted octanol–water partition coefficient (Wildman–Crippen LogP) is 2.58. The number of nitrogens with one attached hydrogen (secondary N) is 1. The Hall–Kier alpha value is -2.83. The van der Waals surface area contributed by atoms with Gasteiger partial charge >= 0.3 is 57.6 Å². The average Bonchev–Trinajstić information content (AvgIpc) is 2.83. The number of rotatable bonds is 6. The van der Waals surface area contributed by atoms with Gasteiger partial charge in [-0.25, -0.2) is 0 Å². The molecule has 2 amide bonds. The van der Waals surface area contributed by atoms with Gasteiger partial charge in [-0.1, -0.05) is 24.3 Å². The van der Waals surface area contributed by atoms with Crippen molar-refractivity contribution in [3.05, 3.63) is 94.6 Å². The molecule has 37 heavy (non-hydrogen) atoms. The van der Waals surface area contributed by atoms with Crippen molar-refractivity contribution in [2.45, 2.75) is 20.0 Å². The fraction of sp³-hybridized carbons (Fsp3) is 0.154. The smallest absolute Gasteiger partial charge is 0.686 e. The molecule has 0 atom stereocenters. The minimum Gasteiger partial charge on any atom is -0.686 e. The number of amides is 2. The Morgan fingerprint density at radius 3 is 2.46 bits per heavy atom. The van der Waals surface area contributed by atoms with Crippen LogP contribution in [-0.2, 0) is 11.0 Å². The number of carbonyl (C=O) groups is 2. The minimum atomic E-state index is -4.65. The second kappa shape index (κ2) is 13.1. The monoisotopic (exact) mass is 533 g/mol. The normalized spacial score (nSPS) is 11.9. The van der Waals surface area contributed by atoms with E-state index in [0.29, 0.717) is 17.5 Å². The molecule has 3 rings (SSSR count). The topological polar surface area (TPSA) is 112 Å². The van der Waals surface area contributed by atoms with Gasteiger partial charge in [0.15, 0.2) is 0 Å². The van der Waals surface area contributed by atoms with E-state index in [2.05, 4.69) is 20.6 Å². The quantitative estimate of drug-likeness (QED) is 0.288. The number of alkyl halides is 3. The average molecular weight is 534 g/mol. The van der Waals surface area contributed by atoms with Crippen LogP contribution in [0.25, 0.3) is 22.1 Å². The number of aromatic nitrogens is 1. The summed E-state index contributed by atoms with van der Waals surface area (Å²) in [6.45, 7) is 3.19. The van der Waals surface area contributed by atoms with E-state index in [1.807, 2.05) is 31.2 Å². The molecule has 0 spiro atoms. The Kier molecular flexibility index (Phi) is 10.8. The van der Waals surface area contributed by atoms with Gasteiger partial charge in [0.05, 0.1) is 0 Å². The number of amidine groups is 1. The van der Waals surface area contributed by atoms with Crippen LogP contribution in [-0.4, -0.2) is 29.7 Å². The Balaban J connectivity index is 0.00000481. The standard InChI is InChI=1S/C26H24F3N5O2.K/c1-15-7-8-20(34-25(36)19-9-10-32-23(12-19)26(27,28)29)13-21(15)17-5-4-6-18(11-17)22(31-3)14-24(30)33-16(2)35;/h4-14H,1-3H3,(H4,30,31,33,34,35,36);/q;+1/p-1. The van der Waals surface area contributed by atoms with Crippen LogP contribution in [0.3, 0.4) is 0 Å². The van der Waals surface area contributed by atoms with Gasteiger partial charge in [-0.2, -0.15) is 18.2 Å². The molecule has 186 valence electrons. The van der Waals surface area contributed by atoms with Crippen LogP contribution in [0.15, 0.2) is 71.9 Å². The molecule has 11 heteroatoms. The number of nitrogens with zero attached hydrogens (tertiary/aromatic N) is 3. The Morgan fingerprint density at radius 1 is 1.08 bits per heavy atom. The third-order valence-electron chi connectivity index (χ3n) is 5.09. The summed E-state index contributed by atoms with van der Waals surface area (Å²) in [5.41, 5.74) is 8.64. The predicted molar refractivity (Wildman–Crippen MR) is 133 cm³/mol. The summed E-state index contributed by atoms with van der Waals surface area (Å²) in [5, 5.41) is 6.86. The van der Waals surface area contributed by atoms with E-state index in [0.717, 1.165) is 28.5 Å². The summed E-state index contributed by atoms with van der Waals surface area (Å²) in [5.74, 6) is -1.09. The van der Waals surface area contributed by atoms with Crippen molar-refractivity contribution in [2.24, 2.45) is 10.7 Å². The van der Waals surface area contributed by atoms with Gasteiger partial charge in [-0.05, 0) is 65.6 Å². The first-order chi connectivity index (χ1) is 17.0. The maximum Gasteiger partial charge on any atom is 1.00 e. The van der Waals surface area contributed by atoms with Gasteiger partial charge in [0.2, 0.25) is 5.91 Å². The first-order valence-corrected chi connectivity index (χ1v) is 10.7. The first kappa shape index (κ1) is 30.4. The Labute approximate surface area is 254 Å². The largest absolute Gasteiger partial charge is 1.00 e. The maximum absolute atomic E-state index is 13.0. The van der Waals surface area contributed by atoms with Gasteiger partial charge in [0, 0.05) is 24.4 Å². The van der Waals surface area contributed by atoms with Crippen LogP contribution >= 0.6 is 0 Å². The van der Waals surface area contributed by atoms with Crippen LogP contribution in [0.4, 0.5) is 18.9 Å². The van der Waals surface area contributed by atoms with E-state index in [1.54, 1.807) is 25.2 Å². The second-order valence-corrected chi connectivity index (χ2v) is 7.80. The van der Waals surface area contributed by atoms with Crippen molar-refractivity contribution in [3.8, 4) is 11.1 Å². The fourth-order valence-corrected chi connectivity index (χ4v) is 3.42. The number of benzene rings is 2. The number of aliphatic imine (C=N–C) groups is 1. The van der Waals surface area contributed by atoms with Crippen molar-refractivity contribution in [1.82, 2.24) is 4.98 Å². The molecule has 0 aliphatic carbocycles. The van der Waals surface area contributed by atoms with Crippen molar-refractivity contribution >= 4 is 29.0 Å². The van der Waals surface area contributed by atoms with E-state index in [-0.39, 0.29) is 62.8 Å². The zero-order chi connectivity index (χ0) is 26.5. The molecule has 0 unspecified atom stereocenters. The van der Waals surface area contributed by atoms with E-state index in [1.165, 1.54) is 19.1 Å². The number of nitrogens with two attached hydrogens (primary N) is 1. The molecule has 1 aromatic heterocycles. The van der Waals surface area contributed by atoms with Crippen molar-refractivity contribution < 1.29 is 74.1 Å². The number of halogens is 3. The summed E-state index contributed by atoms with van der Waals surface area (Å²) in [4.78, 5) is 30.8. The Morgan fingerprint density at radius 2 is 1.81 bits per heavy atom. The molecule has 0 saturated carbocycles. The first-order valence-electron chi connectivity index (χ1n) is 10.7. The zero-order valence-electron chi connectivity index (χ0n) is 20.7. The van der Waals surface area contributed by atoms with E-state index in [4.69, 9.17) is 5.73 Å². The van der Waals surface area contributed by atoms with E-state index >= 15 is 0 Å². The number of hydrogen-bond acceptors (Lipinski definition) is 3. The van der Waals surface area contributed by atoms with Gasteiger partial charge in [0.25, 0.3) is 5.91 Å². The maximum atomic E-state index is 13.0. The molecular weight excluding hydrogens is 510 g/mol. The van der Waals surface area contributed by atoms with Crippen LogP contribution in [0.1, 0.15) is 34.1 Å². The van der Waals surface area contributed by atoms with Gasteiger partial charge in [0.1, 0.15) is 11.5 Å². The van der Waals surface area contributed by atoms with E-state index < -0.39 is 23.7 Å². The van der Waals surface area contributed by atoms with Gasteiger partial charge < -0.3 is 16.4 Å². The molecule has 0 aliphatic heterocycles. The second-order valence-electron chi connectivity index (χ2n) is 7.80. The molecular formula is C26H23F3KN5O2. The number of carbonyl (C=O) groups excluding carboxylic acids is 2. The van der Waals surface area contributed by atoms with Crippen molar-refractivity contribution in [1.29, 1.82) is 0 Å². The number of anilines is 1. The fourth-order valence-electron chi connectivity index (χ4n) is 3.42. The van der Waals surface area contributed by atoms with Crippen LogP contribution in [0.5, 0.6) is 0 Å². The van der Waals surface area contributed by atoms with E-state index in [9.17, 15) is 22.8 Å². The number of pyridine rings is 1. The van der Waals surface area contributed by atoms with Gasteiger partial charge in [-0.15, -0.1) is 12.7 Å². The summed E-state index contributed by atoms with van der Waals surface area (Å²) in [7, 11) is 1.59. The summed E-state index contributed by atoms with van der Waals surface area (Å²) < 4.78 is 38.9. The summed E-state index contributed by atoms with van der Waals surface area (Å²) >= 11 is 0. The van der Waals surface area contributed by atoms with Gasteiger partial charge in [-0.3, -0.25) is 14.6 Å². The minimum absolute atomic E-state index is 0. The van der Waals surface area contributed by atoms with Crippen LogP contribution < -0.4 is 62.4 Å². The SMILES string of the molecule is C[N-]/C(=C\C(N)=NC(C)=O)c1cccc(-c2cc(NC(=O)c3ccnc(C(F)(F)F)c3)ccc2C)c1.[K+]. The van der Waals surface area contributed by atoms with Crippen molar-refractivity contribution in [3.63, 3.8) is 0 Å². The summed E-state index contributed by atoms with van der Waals surface area (Å²) in [6, 6.07) is 14.5.